The Morgan fingerprint density at radius 1 is 0.654 bits per heavy atom. The predicted octanol–water partition coefficient (Wildman–Crippen LogP) is 5.35. The number of benzene rings is 2. The van der Waals surface area contributed by atoms with Crippen LogP contribution in [0.2, 0.25) is 0 Å². The summed E-state index contributed by atoms with van der Waals surface area (Å²) in [4.78, 5) is 0. The number of ether oxygens (including phenoxy) is 2. The molecule has 2 aromatic rings. The highest BCUT2D eigenvalue weighted by molar-refractivity contribution is 5.57. The van der Waals surface area contributed by atoms with Gasteiger partial charge in [0.05, 0.1) is 24.6 Å². The minimum absolute atomic E-state index is 0.710. The lowest BCUT2D eigenvalue weighted by Gasteiger charge is -2.10. The van der Waals surface area contributed by atoms with Crippen molar-refractivity contribution >= 4 is 11.4 Å². The van der Waals surface area contributed by atoms with E-state index in [1.807, 2.05) is 49.4 Å². The maximum absolute atomic E-state index is 6.01. The van der Waals surface area contributed by atoms with E-state index in [-0.39, 0.29) is 0 Å². The van der Waals surface area contributed by atoms with Gasteiger partial charge in [0.25, 0.3) is 0 Å². The van der Waals surface area contributed by atoms with E-state index in [1.54, 1.807) is 0 Å². The smallest absolute Gasteiger partial charge is 0.142 e. The summed E-state index contributed by atoms with van der Waals surface area (Å²) in [5.74, 6) is 1.60. The second kappa shape index (κ2) is 11.3. The normalized spacial score (nSPS) is 10.7. The minimum Gasteiger partial charge on any atom is -0.491 e. The number of anilines is 2. The fourth-order valence-corrected chi connectivity index (χ4v) is 2.84. The topological polar surface area (TPSA) is 70.5 Å². The third-order valence-corrected chi connectivity index (χ3v) is 4.51. The molecule has 0 saturated heterocycles. The molecule has 0 saturated carbocycles. The molecule has 0 atom stereocenters. The first-order chi connectivity index (χ1) is 12.7. The molecular formula is C22H32N2O2. The fraction of sp³-hybridized carbons (Fsp3) is 0.455. The fourth-order valence-electron chi connectivity index (χ4n) is 2.84. The highest BCUT2D eigenvalue weighted by atomic mass is 16.5. The van der Waals surface area contributed by atoms with Crippen LogP contribution in [0.4, 0.5) is 11.4 Å². The Morgan fingerprint density at radius 3 is 1.85 bits per heavy atom. The molecule has 4 nitrogen and oxygen atoms in total. The predicted molar refractivity (Wildman–Crippen MR) is 110 cm³/mol. The van der Waals surface area contributed by atoms with Crippen LogP contribution < -0.4 is 20.9 Å². The number of hydrogen-bond acceptors (Lipinski definition) is 4. The van der Waals surface area contributed by atoms with E-state index >= 15 is 0 Å². The lowest BCUT2D eigenvalue weighted by atomic mass is 10.1. The maximum Gasteiger partial charge on any atom is 0.142 e. The summed E-state index contributed by atoms with van der Waals surface area (Å²) >= 11 is 0. The minimum atomic E-state index is 0.710. The van der Waals surface area contributed by atoms with Crippen LogP contribution in [0.15, 0.2) is 42.5 Å². The first-order valence-corrected chi connectivity index (χ1v) is 9.63. The van der Waals surface area contributed by atoms with Crippen molar-refractivity contribution in [2.45, 2.75) is 51.9 Å². The van der Waals surface area contributed by atoms with Crippen LogP contribution in [0.3, 0.4) is 0 Å². The third kappa shape index (κ3) is 6.87. The Balaban J connectivity index is 1.43. The van der Waals surface area contributed by atoms with Crippen molar-refractivity contribution in [3.05, 3.63) is 48.0 Å². The van der Waals surface area contributed by atoms with Gasteiger partial charge in [-0.15, -0.1) is 0 Å². The number of unbranched alkanes of at least 4 members (excludes halogenated alkanes) is 6. The van der Waals surface area contributed by atoms with Crippen LogP contribution in [-0.4, -0.2) is 13.2 Å². The number of hydrogen-bond donors (Lipinski definition) is 2. The zero-order valence-corrected chi connectivity index (χ0v) is 15.9. The summed E-state index contributed by atoms with van der Waals surface area (Å²) in [6, 6.07) is 13.6. The van der Waals surface area contributed by atoms with Gasteiger partial charge in [-0.3, -0.25) is 0 Å². The summed E-state index contributed by atoms with van der Waals surface area (Å²) in [6.45, 7) is 3.47. The molecule has 4 N–H and O–H groups in total. The van der Waals surface area contributed by atoms with Crippen molar-refractivity contribution in [1.29, 1.82) is 0 Å². The summed E-state index contributed by atoms with van der Waals surface area (Å²) in [6.07, 6.45) is 8.30. The van der Waals surface area contributed by atoms with Gasteiger partial charge in [0.15, 0.2) is 0 Å². The molecule has 26 heavy (non-hydrogen) atoms. The molecule has 142 valence electrons. The van der Waals surface area contributed by atoms with Gasteiger partial charge >= 0.3 is 0 Å². The van der Waals surface area contributed by atoms with Crippen molar-refractivity contribution < 1.29 is 9.47 Å². The number of nitrogen functional groups attached to an aromatic ring is 2. The van der Waals surface area contributed by atoms with Crippen molar-refractivity contribution in [2.75, 3.05) is 24.7 Å². The van der Waals surface area contributed by atoms with Crippen molar-refractivity contribution in [1.82, 2.24) is 0 Å². The summed E-state index contributed by atoms with van der Waals surface area (Å²) in [5, 5.41) is 0. The van der Waals surface area contributed by atoms with Crippen molar-refractivity contribution in [2.24, 2.45) is 0 Å². The average Bonchev–Trinajstić information content (AvgIpc) is 2.64. The zero-order chi connectivity index (χ0) is 18.6. The van der Waals surface area contributed by atoms with E-state index in [0.29, 0.717) is 5.69 Å². The molecule has 0 aliphatic rings. The lowest BCUT2D eigenvalue weighted by Crippen LogP contribution is -2.01. The summed E-state index contributed by atoms with van der Waals surface area (Å²) in [5.41, 5.74) is 14.4. The zero-order valence-electron chi connectivity index (χ0n) is 15.9. The molecule has 0 fully saturated rings. The SMILES string of the molecule is Cc1cccc(OCCCCCCCCCOc2ccccc2N)c1N. The molecule has 0 bridgehead atoms. The van der Waals surface area contributed by atoms with E-state index in [9.17, 15) is 0 Å². The molecule has 2 rings (SSSR count). The largest absolute Gasteiger partial charge is 0.491 e. The molecule has 0 heterocycles. The van der Waals surface area contributed by atoms with Crippen LogP contribution >= 0.6 is 0 Å². The van der Waals surface area contributed by atoms with Gasteiger partial charge in [-0.25, -0.2) is 0 Å². The monoisotopic (exact) mass is 356 g/mol. The van der Waals surface area contributed by atoms with Gasteiger partial charge in [-0.2, -0.15) is 0 Å². The maximum atomic E-state index is 6.01. The Bertz CT molecular complexity index is 658. The van der Waals surface area contributed by atoms with Gasteiger partial charge in [-0.05, 0) is 43.5 Å². The molecule has 0 aromatic heterocycles. The van der Waals surface area contributed by atoms with Gasteiger partial charge in [-0.1, -0.05) is 56.4 Å². The molecular weight excluding hydrogens is 324 g/mol. The van der Waals surface area contributed by atoms with Crippen LogP contribution in [-0.2, 0) is 0 Å². The molecule has 0 radical (unpaired) electrons. The molecule has 0 unspecified atom stereocenters. The van der Waals surface area contributed by atoms with E-state index in [1.165, 1.54) is 32.1 Å². The number of rotatable bonds is 12. The van der Waals surface area contributed by atoms with Crippen LogP contribution in [0.25, 0.3) is 0 Å². The van der Waals surface area contributed by atoms with Crippen LogP contribution in [0.5, 0.6) is 11.5 Å². The first-order valence-electron chi connectivity index (χ1n) is 9.63. The Morgan fingerprint density at radius 2 is 1.19 bits per heavy atom. The first kappa shape index (κ1) is 20.0. The van der Waals surface area contributed by atoms with E-state index in [0.717, 1.165) is 48.8 Å². The highest BCUT2D eigenvalue weighted by Crippen LogP contribution is 2.24. The van der Waals surface area contributed by atoms with Gasteiger partial charge in [0.2, 0.25) is 0 Å². The van der Waals surface area contributed by atoms with Gasteiger partial charge in [0.1, 0.15) is 11.5 Å². The average molecular weight is 357 g/mol. The standard InChI is InChI=1S/C22H32N2O2/c1-18-12-11-15-21(22(18)24)26-17-10-6-4-2-3-5-9-16-25-20-14-8-7-13-19(20)23/h7-8,11-15H,2-6,9-10,16-17,23-24H2,1H3. The Labute approximate surface area is 157 Å². The van der Waals surface area contributed by atoms with E-state index in [4.69, 9.17) is 20.9 Å². The van der Waals surface area contributed by atoms with Crippen molar-refractivity contribution in [3.8, 4) is 11.5 Å². The highest BCUT2D eigenvalue weighted by Gasteiger charge is 2.02. The number of para-hydroxylation sites is 3. The lowest BCUT2D eigenvalue weighted by molar-refractivity contribution is 0.301. The molecule has 4 heteroatoms. The summed E-state index contributed by atoms with van der Waals surface area (Å²) < 4.78 is 11.5. The molecule has 0 aliphatic heterocycles. The molecule has 0 amide bonds. The van der Waals surface area contributed by atoms with Gasteiger partial charge < -0.3 is 20.9 Å². The second-order valence-corrected chi connectivity index (χ2v) is 6.70. The van der Waals surface area contributed by atoms with Gasteiger partial charge in [0, 0.05) is 0 Å². The number of nitrogens with two attached hydrogens (primary N) is 2. The van der Waals surface area contributed by atoms with Crippen LogP contribution in [0, 0.1) is 6.92 Å². The third-order valence-electron chi connectivity index (χ3n) is 4.51. The number of aryl methyl sites for hydroxylation is 1. The second-order valence-electron chi connectivity index (χ2n) is 6.70. The van der Waals surface area contributed by atoms with Crippen molar-refractivity contribution in [3.63, 3.8) is 0 Å². The van der Waals surface area contributed by atoms with E-state index < -0.39 is 0 Å². The Kier molecular flexibility index (Phi) is 8.67. The summed E-state index contributed by atoms with van der Waals surface area (Å²) in [7, 11) is 0. The molecule has 0 aliphatic carbocycles. The van der Waals surface area contributed by atoms with E-state index in [2.05, 4.69) is 0 Å². The molecule has 0 spiro atoms. The Hall–Kier alpha value is -2.36. The molecule has 2 aromatic carbocycles. The van der Waals surface area contributed by atoms with Crippen LogP contribution in [0.1, 0.15) is 50.5 Å². The quantitative estimate of drug-likeness (QED) is 0.397.